The van der Waals surface area contributed by atoms with Crippen molar-refractivity contribution in [1.29, 1.82) is 0 Å². The summed E-state index contributed by atoms with van der Waals surface area (Å²) in [6, 6.07) is 12.0. The normalized spacial score (nSPS) is 11.2. The zero-order valence-corrected chi connectivity index (χ0v) is 13.7. The maximum atomic E-state index is 13.3. The molecule has 0 heterocycles. The predicted octanol–water partition coefficient (Wildman–Crippen LogP) is 5.19. The number of nitrogens with one attached hydrogen (secondary N) is 1. The molecule has 0 aliphatic rings. The molecule has 1 amide bonds. The van der Waals surface area contributed by atoms with Crippen molar-refractivity contribution in [2.24, 2.45) is 0 Å². The quantitative estimate of drug-likeness (QED) is 0.775. The molecule has 0 aliphatic carbocycles. The first kappa shape index (κ1) is 18.2. The number of benzene rings is 2. The molecule has 0 radical (unpaired) electrons. The zero-order chi connectivity index (χ0) is 17.6. The Bertz CT molecular complexity index is 690. The Labute approximate surface area is 142 Å². The van der Waals surface area contributed by atoms with E-state index in [0.717, 1.165) is 6.07 Å². The van der Waals surface area contributed by atoms with Crippen molar-refractivity contribution < 1.29 is 22.7 Å². The van der Waals surface area contributed by atoms with E-state index in [9.17, 15) is 18.0 Å². The van der Waals surface area contributed by atoms with Gasteiger partial charge in [-0.15, -0.1) is 0 Å². The van der Waals surface area contributed by atoms with E-state index in [1.165, 1.54) is 23.9 Å². The number of carbonyl (C=O) groups is 1. The fraction of sp³-hybridized carbons (Fsp3) is 0.235. The third kappa shape index (κ3) is 5.19. The van der Waals surface area contributed by atoms with Crippen LogP contribution < -0.4 is 10.1 Å². The SMILES string of the molecule is CSCCC(=O)Nc1ccc(Oc2ccccc2)cc1C(F)(F)F. The largest absolute Gasteiger partial charge is 0.457 e. The predicted molar refractivity (Wildman–Crippen MR) is 89.6 cm³/mol. The van der Waals surface area contributed by atoms with Crippen LogP contribution in [0.4, 0.5) is 18.9 Å². The number of amides is 1. The molecule has 0 aliphatic heterocycles. The Morgan fingerprint density at radius 1 is 1.12 bits per heavy atom. The van der Waals surface area contributed by atoms with Gasteiger partial charge in [0.25, 0.3) is 0 Å². The molecule has 0 atom stereocenters. The van der Waals surface area contributed by atoms with E-state index in [4.69, 9.17) is 4.74 Å². The monoisotopic (exact) mass is 355 g/mol. The lowest BCUT2D eigenvalue weighted by molar-refractivity contribution is -0.137. The molecule has 0 bridgehead atoms. The molecule has 0 spiro atoms. The Morgan fingerprint density at radius 3 is 2.46 bits per heavy atom. The highest BCUT2D eigenvalue weighted by Gasteiger charge is 2.34. The number of carbonyl (C=O) groups excluding carboxylic acids is 1. The second kappa shape index (κ2) is 8.10. The van der Waals surface area contributed by atoms with Crippen LogP contribution in [0.5, 0.6) is 11.5 Å². The number of ether oxygens (including phenoxy) is 1. The smallest absolute Gasteiger partial charge is 0.418 e. The molecule has 0 saturated carbocycles. The van der Waals surface area contributed by atoms with E-state index in [1.54, 1.807) is 30.3 Å². The maximum Gasteiger partial charge on any atom is 0.418 e. The Balaban J connectivity index is 2.24. The second-order valence-corrected chi connectivity index (χ2v) is 5.90. The molecule has 0 fully saturated rings. The van der Waals surface area contributed by atoms with Crippen molar-refractivity contribution in [3.8, 4) is 11.5 Å². The number of thioether (sulfide) groups is 1. The van der Waals surface area contributed by atoms with Crippen LogP contribution in [0.3, 0.4) is 0 Å². The molecule has 0 unspecified atom stereocenters. The summed E-state index contributed by atoms with van der Waals surface area (Å²) in [6.45, 7) is 0. The summed E-state index contributed by atoms with van der Waals surface area (Å²) in [5.74, 6) is 0.576. The van der Waals surface area contributed by atoms with Gasteiger partial charge in [-0.25, -0.2) is 0 Å². The Morgan fingerprint density at radius 2 is 1.83 bits per heavy atom. The van der Waals surface area contributed by atoms with Gasteiger partial charge in [0.1, 0.15) is 11.5 Å². The lowest BCUT2D eigenvalue weighted by atomic mass is 10.1. The van der Waals surface area contributed by atoms with Gasteiger partial charge in [0.2, 0.25) is 5.91 Å². The molecule has 2 rings (SSSR count). The number of halogens is 3. The van der Waals surface area contributed by atoms with E-state index in [0.29, 0.717) is 11.5 Å². The molecule has 2 aromatic carbocycles. The van der Waals surface area contributed by atoms with E-state index in [1.807, 2.05) is 6.26 Å². The highest BCUT2D eigenvalue weighted by molar-refractivity contribution is 7.98. The minimum Gasteiger partial charge on any atom is -0.457 e. The van der Waals surface area contributed by atoms with Crippen molar-refractivity contribution in [3.63, 3.8) is 0 Å². The lowest BCUT2D eigenvalue weighted by Gasteiger charge is -2.15. The number of anilines is 1. The van der Waals surface area contributed by atoms with Crippen molar-refractivity contribution >= 4 is 23.4 Å². The van der Waals surface area contributed by atoms with Crippen molar-refractivity contribution in [1.82, 2.24) is 0 Å². The molecule has 3 nitrogen and oxygen atoms in total. The minimum absolute atomic E-state index is 0.0515. The van der Waals surface area contributed by atoms with Gasteiger partial charge < -0.3 is 10.1 Å². The maximum absolute atomic E-state index is 13.3. The van der Waals surface area contributed by atoms with Gasteiger partial charge in [0.15, 0.2) is 0 Å². The fourth-order valence-corrected chi connectivity index (χ4v) is 2.35. The van der Waals surface area contributed by atoms with Gasteiger partial charge in [-0.3, -0.25) is 4.79 Å². The average Bonchev–Trinajstić information content (AvgIpc) is 2.54. The summed E-state index contributed by atoms with van der Waals surface area (Å²) in [5.41, 5.74) is -1.21. The summed E-state index contributed by atoms with van der Waals surface area (Å²) >= 11 is 1.45. The van der Waals surface area contributed by atoms with Gasteiger partial charge in [-0.2, -0.15) is 24.9 Å². The number of hydrogen-bond donors (Lipinski definition) is 1. The lowest BCUT2D eigenvalue weighted by Crippen LogP contribution is -2.17. The Kier molecular flexibility index (Phi) is 6.14. The van der Waals surface area contributed by atoms with Crippen molar-refractivity contribution in [3.05, 3.63) is 54.1 Å². The molecule has 7 heteroatoms. The number of rotatable bonds is 6. The number of para-hydroxylation sites is 1. The van der Waals surface area contributed by atoms with Crippen LogP contribution in [-0.2, 0) is 11.0 Å². The summed E-state index contributed by atoms with van der Waals surface area (Å²) in [7, 11) is 0. The van der Waals surface area contributed by atoms with E-state index >= 15 is 0 Å². The second-order valence-electron chi connectivity index (χ2n) is 4.91. The van der Waals surface area contributed by atoms with Crippen molar-refractivity contribution in [2.45, 2.75) is 12.6 Å². The molecular formula is C17H16F3NO2S. The van der Waals surface area contributed by atoms with Crippen LogP contribution in [0.1, 0.15) is 12.0 Å². The first-order valence-corrected chi connectivity index (χ1v) is 8.52. The first-order chi connectivity index (χ1) is 11.4. The highest BCUT2D eigenvalue weighted by atomic mass is 32.2. The first-order valence-electron chi connectivity index (χ1n) is 7.13. The van der Waals surface area contributed by atoms with Crippen LogP contribution in [0.15, 0.2) is 48.5 Å². The summed E-state index contributed by atoms with van der Waals surface area (Å²) < 4.78 is 45.2. The molecule has 128 valence electrons. The topological polar surface area (TPSA) is 38.3 Å². The number of hydrogen-bond acceptors (Lipinski definition) is 3. The number of alkyl halides is 3. The van der Waals surface area contributed by atoms with Gasteiger partial charge in [-0.1, -0.05) is 18.2 Å². The molecule has 2 aromatic rings. The van der Waals surface area contributed by atoms with Crippen LogP contribution in [0.25, 0.3) is 0 Å². The molecule has 0 saturated heterocycles. The van der Waals surface area contributed by atoms with Gasteiger partial charge >= 0.3 is 6.18 Å². The van der Waals surface area contributed by atoms with Crippen LogP contribution in [0.2, 0.25) is 0 Å². The molecular weight excluding hydrogens is 339 g/mol. The molecule has 24 heavy (non-hydrogen) atoms. The van der Waals surface area contributed by atoms with Crippen LogP contribution in [-0.4, -0.2) is 17.9 Å². The average molecular weight is 355 g/mol. The summed E-state index contributed by atoms with van der Waals surface area (Å²) in [6.07, 6.45) is -2.62. The summed E-state index contributed by atoms with van der Waals surface area (Å²) in [5, 5.41) is 2.32. The third-order valence-electron chi connectivity index (χ3n) is 3.08. The van der Waals surface area contributed by atoms with Gasteiger partial charge in [0, 0.05) is 12.2 Å². The minimum atomic E-state index is -4.60. The van der Waals surface area contributed by atoms with E-state index in [-0.39, 0.29) is 17.9 Å². The van der Waals surface area contributed by atoms with E-state index < -0.39 is 17.6 Å². The standard InChI is InChI=1S/C17H16F3NO2S/c1-24-10-9-16(22)21-15-8-7-13(11-14(15)17(18,19)20)23-12-5-3-2-4-6-12/h2-8,11H,9-10H2,1H3,(H,21,22). The fourth-order valence-electron chi connectivity index (χ4n) is 1.96. The Hall–Kier alpha value is -2.15. The summed E-state index contributed by atoms with van der Waals surface area (Å²) in [4.78, 5) is 11.7. The van der Waals surface area contributed by atoms with Gasteiger partial charge in [0.05, 0.1) is 11.3 Å². The van der Waals surface area contributed by atoms with Crippen LogP contribution in [0, 0.1) is 0 Å². The van der Waals surface area contributed by atoms with E-state index in [2.05, 4.69) is 5.32 Å². The zero-order valence-electron chi connectivity index (χ0n) is 12.9. The van der Waals surface area contributed by atoms with Gasteiger partial charge in [-0.05, 0) is 36.6 Å². The van der Waals surface area contributed by atoms with Crippen molar-refractivity contribution in [2.75, 3.05) is 17.3 Å². The highest BCUT2D eigenvalue weighted by Crippen LogP contribution is 2.38. The molecule has 0 aromatic heterocycles. The third-order valence-corrected chi connectivity index (χ3v) is 3.70. The van der Waals surface area contributed by atoms with Crippen LogP contribution >= 0.6 is 11.8 Å². The molecule has 1 N–H and O–H groups in total.